The first-order valence-electron chi connectivity index (χ1n) is 16.1. The summed E-state index contributed by atoms with van der Waals surface area (Å²) in [5.74, 6) is 2.68. The molecule has 8 heteroatoms. The van der Waals surface area contributed by atoms with E-state index in [0.717, 1.165) is 50.0 Å². The van der Waals surface area contributed by atoms with Gasteiger partial charge in [-0.05, 0) is 73.5 Å². The average Bonchev–Trinajstić information content (AvgIpc) is 3.10. The molecule has 8 nitrogen and oxygen atoms in total. The molecule has 4 rings (SSSR count). The van der Waals surface area contributed by atoms with E-state index in [9.17, 15) is 9.59 Å². The number of benzene rings is 4. The van der Waals surface area contributed by atoms with E-state index in [4.69, 9.17) is 18.9 Å². The van der Waals surface area contributed by atoms with Crippen LogP contribution in [0.1, 0.15) is 59.2 Å². The lowest BCUT2D eigenvalue weighted by Crippen LogP contribution is -2.24. The van der Waals surface area contributed by atoms with Crippen LogP contribution in [0.15, 0.2) is 109 Å². The van der Waals surface area contributed by atoms with Crippen molar-refractivity contribution >= 4 is 11.8 Å². The van der Waals surface area contributed by atoms with Crippen LogP contribution in [0.5, 0.6) is 23.0 Å². The third-order valence-electron chi connectivity index (χ3n) is 7.10. The molecule has 0 heterocycles. The Balaban J connectivity index is 0.990. The van der Waals surface area contributed by atoms with E-state index in [1.807, 2.05) is 84.9 Å². The monoisotopic (exact) mass is 624 g/mol. The molecule has 2 N–H and O–H groups in total. The number of carbonyl (C=O) groups excluding carboxylic acids is 2. The number of unbranched alkanes of at least 4 members (excludes halogenated alkanes) is 5. The summed E-state index contributed by atoms with van der Waals surface area (Å²) in [7, 11) is 0. The van der Waals surface area contributed by atoms with Gasteiger partial charge < -0.3 is 29.6 Å². The highest BCUT2D eigenvalue weighted by Crippen LogP contribution is 2.16. The number of rotatable bonds is 21. The van der Waals surface area contributed by atoms with Crippen molar-refractivity contribution in [3.05, 3.63) is 120 Å². The van der Waals surface area contributed by atoms with Crippen LogP contribution in [0, 0.1) is 0 Å². The zero-order chi connectivity index (χ0) is 32.1. The van der Waals surface area contributed by atoms with Crippen molar-refractivity contribution in [1.82, 2.24) is 10.6 Å². The number of amides is 2. The second-order valence-electron chi connectivity index (χ2n) is 10.7. The predicted molar refractivity (Wildman–Crippen MR) is 180 cm³/mol. The molecule has 0 aliphatic carbocycles. The lowest BCUT2D eigenvalue weighted by atomic mass is 10.1. The normalized spacial score (nSPS) is 10.5. The molecule has 0 saturated heterocycles. The standard InChI is InChI=1S/C38H44N2O6/c41-37(31-15-13-21-35(29-31)45-27-25-43-33-17-7-5-8-18-33)39-23-11-3-1-2-4-12-24-40-38(42)32-16-14-22-36(30-32)46-28-26-44-34-19-9-6-10-20-34/h5-10,13-22,29-30H,1-4,11-12,23-28H2,(H,39,41)(H,40,42). The maximum atomic E-state index is 12.6. The number of hydrogen-bond acceptors (Lipinski definition) is 6. The topological polar surface area (TPSA) is 95.1 Å². The minimum atomic E-state index is -0.101. The van der Waals surface area contributed by atoms with Crippen molar-refractivity contribution in [2.75, 3.05) is 39.5 Å². The Labute approximate surface area is 272 Å². The summed E-state index contributed by atoms with van der Waals surface area (Å²) in [6, 6.07) is 33.6. The van der Waals surface area contributed by atoms with Crippen molar-refractivity contribution in [3.63, 3.8) is 0 Å². The minimum absolute atomic E-state index is 0.101. The molecule has 0 aliphatic heterocycles. The molecule has 0 unspecified atom stereocenters. The van der Waals surface area contributed by atoms with Crippen molar-refractivity contribution in [3.8, 4) is 23.0 Å². The third-order valence-corrected chi connectivity index (χ3v) is 7.10. The summed E-state index contributed by atoms with van der Waals surface area (Å²) in [6.45, 7) is 2.89. The van der Waals surface area contributed by atoms with Crippen LogP contribution >= 0.6 is 0 Å². The average molecular weight is 625 g/mol. The van der Waals surface area contributed by atoms with Crippen molar-refractivity contribution in [2.24, 2.45) is 0 Å². The van der Waals surface area contributed by atoms with Gasteiger partial charge in [-0.3, -0.25) is 9.59 Å². The van der Waals surface area contributed by atoms with E-state index in [1.54, 1.807) is 24.3 Å². The van der Waals surface area contributed by atoms with Gasteiger partial charge in [0.15, 0.2) is 0 Å². The first kappa shape index (κ1) is 33.9. The van der Waals surface area contributed by atoms with Crippen LogP contribution in [0.2, 0.25) is 0 Å². The van der Waals surface area contributed by atoms with Crippen LogP contribution in [0.3, 0.4) is 0 Å². The van der Waals surface area contributed by atoms with Gasteiger partial charge in [-0.15, -0.1) is 0 Å². The van der Waals surface area contributed by atoms with E-state index in [2.05, 4.69) is 10.6 Å². The predicted octanol–water partition coefficient (Wildman–Crippen LogP) is 7.10. The van der Waals surface area contributed by atoms with E-state index in [1.165, 1.54) is 0 Å². The second kappa shape index (κ2) is 20.1. The summed E-state index contributed by atoms with van der Waals surface area (Å²) in [5.41, 5.74) is 1.16. The van der Waals surface area contributed by atoms with Gasteiger partial charge in [-0.1, -0.05) is 74.2 Å². The highest BCUT2D eigenvalue weighted by Gasteiger charge is 2.08. The van der Waals surface area contributed by atoms with Gasteiger partial charge in [0.25, 0.3) is 11.8 Å². The highest BCUT2D eigenvalue weighted by atomic mass is 16.5. The fourth-order valence-electron chi connectivity index (χ4n) is 4.69. The Bertz CT molecular complexity index is 1340. The molecule has 0 radical (unpaired) electrons. The summed E-state index contributed by atoms with van der Waals surface area (Å²) in [5, 5.41) is 5.99. The fourth-order valence-corrected chi connectivity index (χ4v) is 4.69. The maximum Gasteiger partial charge on any atom is 0.251 e. The Morgan fingerprint density at radius 3 is 1.17 bits per heavy atom. The number of hydrogen-bond donors (Lipinski definition) is 2. The highest BCUT2D eigenvalue weighted by molar-refractivity contribution is 5.95. The van der Waals surface area contributed by atoms with Crippen LogP contribution in [-0.4, -0.2) is 51.3 Å². The summed E-state index contributed by atoms with van der Waals surface area (Å²) < 4.78 is 22.8. The number of carbonyl (C=O) groups is 2. The molecule has 4 aromatic carbocycles. The van der Waals surface area contributed by atoms with Crippen LogP contribution in [-0.2, 0) is 0 Å². The molecule has 0 fully saturated rings. The van der Waals surface area contributed by atoms with Crippen LogP contribution in [0.25, 0.3) is 0 Å². The van der Waals surface area contributed by atoms with Crippen LogP contribution in [0.4, 0.5) is 0 Å². The number of para-hydroxylation sites is 2. The van der Waals surface area contributed by atoms with Gasteiger partial charge in [-0.25, -0.2) is 0 Å². The Morgan fingerprint density at radius 1 is 0.413 bits per heavy atom. The maximum absolute atomic E-state index is 12.6. The molecule has 2 amide bonds. The van der Waals surface area contributed by atoms with E-state index in [-0.39, 0.29) is 11.8 Å². The molecule has 0 spiro atoms. The molecule has 0 saturated carbocycles. The Kier molecular flexibility index (Phi) is 14.8. The van der Waals surface area contributed by atoms with Crippen molar-refractivity contribution in [2.45, 2.75) is 38.5 Å². The van der Waals surface area contributed by atoms with Crippen molar-refractivity contribution in [1.29, 1.82) is 0 Å². The Hall–Kier alpha value is -4.98. The summed E-state index contributed by atoms with van der Waals surface area (Å²) in [4.78, 5) is 25.1. The van der Waals surface area contributed by atoms with Gasteiger partial charge in [-0.2, -0.15) is 0 Å². The molecule has 242 valence electrons. The summed E-state index contributed by atoms with van der Waals surface area (Å²) in [6.07, 6.45) is 6.11. The molecule has 0 atom stereocenters. The van der Waals surface area contributed by atoms with Gasteiger partial charge in [0, 0.05) is 24.2 Å². The smallest absolute Gasteiger partial charge is 0.251 e. The molecule has 0 aromatic heterocycles. The zero-order valence-electron chi connectivity index (χ0n) is 26.3. The third kappa shape index (κ3) is 12.9. The van der Waals surface area contributed by atoms with E-state index in [0.29, 0.717) is 62.1 Å². The molecular formula is C38H44N2O6. The molecule has 0 bridgehead atoms. The van der Waals surface area contributed by atoms with Gasteiger partial charge in [0.1, 0.15) is 49.4 Å². The largest absolute Gasteiger partial charge is 0.490 e. The second-order valence-corrected chi connectivity index (χ2v) is 10.7. The van der Waals surface area contributed by atoms with Gasteiger partial charge in [0.2, 0.25) is 0 Å². The van der Waals surface area contributed by atoms with Gasteiger partial charge in [0.05, 0.1) is 0 Å². The lowest BCUT2D eigenvalue weighted by Gasteiger charge is -2.10. The summed E-state index contributed by atoms with van der Waals surface area (Å²) >= 11 is 0. The SMILES string of the molecule is O=C(NCCCCCCCCNC(=O)c1cccc(OCCOc2ccccc2)c1)c1cccc(OCCOc2ccccc2)c1. The minimum Gasteiger partial charge on any atom is -0.490 e. The van der Waals surface area contributed by atoms with E-state index >= 15 is 0 Å². The molecular weight excluding hydrogens is 580 g/mol. The van der Waals surface area contributed by atoms with Gasteiger partial charge >= 0.3 is 0 Å². The number of ether oxygens (including phenoxy) is 4. The zero-order valence-corrected chi connectivity index (χ0v) is 26.3. The quantitative estimate of drug-likeness (QED) is 0.0961. The first-order chi connectivity index (χ1) is 22.7. The van der Waals surface area contributed by atoms with Crippen LogP contribution < -0.4 is 29.6 Å². The molecule has 46 heavy (non-hydrogen) atoms. The Morgan fingerprint density at radius 2 is 0.761 bits per heavy atom. The fraction of sp³-hybridized carbons (Fsp3) is 0.316. The van der Waals surface area contributed by atoms with Crippen molar-refractivity contribution < 1.29 is 28.5 Å². The molecule has 4 aromatic rings. The lowest BCUT2D eigenvalue weighted by molar-refractivity contribution is 0.0944. The number of nitrogens with one attached hydrogen (secondary N) is 2. The molecule has 0 aliphatic rings. The first-order valence-corrected chi connectivity index (χ1v) is 16.1. The van der Waals surface area contributed by atoms with E-state index < -0.39 is 0 Å².